The van der Waals surface area contributed by atoms with Gasteiger partial charge < -0.3 is 24.6 Å². The molecule has 0 radical (unpaired) electrons. The van der Waals surface area contributed by atoms with Crippen molar-refractivity contribution in [1.82, 2.24) is 29.8 Å². The van der Waals surface area contributed by atoms with Gasteiger partial charge in [0.2, 0.25) is 17.8 Å². The molecule has 12 heteroatoms. The zero-order valence-electron chi connectivity index (χ0n) is 19.2. The fourth-order valence-corrected chi connectivity index (χ4v) is 4.48. The summed E-state index contributed by atoms with van der Waals surface area (Å²) in [7, 11) is 3.43. The second-order valence-electron chi connectivity index (χ2n) is 8.36. The molecule has 1 aromatic carbocycles. The summed E-state index contributed by atoms with van der Waals surface area (Å²) in [5.41, 5.74) is 0.783. The van der Waals surface area contributed by atoms with E-state index >= 15 is 0 Å². The molecule has 2 aliphatic heterocycles. The molecule has 34 heavy (non-hydrogen) atoms. The first kappa shape index (κ1) is 22.7. The number of anilines is 2. The highest BCUT2D eigenvalue weighted by Gasteiger charge is 2.27. The number of halogens is 2. The van der Waals surface area contributed by atoms with Crippen LogP contribution < -0.4 is 19.9 Å². The molecule has 2 aromatic heterocycles. The number of ether oxygens (including phenoxy) is 2. The first-order chi connectivity index (χ1) is 16.6. The second kappa shape index (κ2) is 9.63. The number of morpholine rings is 1. The number of rotatable bonds is 6. The molecule has 0 spiro atoms. The summed E-state index contributed by atoms with van der Waals surface area (Å²) in [6, 6.07) is 5.38. The lowest BCUT2D eigenvalue weighted by atomic mass is 10.1. The van der Waals surface area contributed by atoms with E-state index in [-0.39, 0.29) is 12.0 Å². The van der Waals surface area contributed by atoms with Gasteiger partial charge in [0.05, 0.1) is 25.8 Å². The third kappa shape index (κ3) is 4.23. The zero-order valence-corrected chi connectivity index (χ0v) is 19.2. The summed E-state index contributed by atoms with van der Waals surface area (Å²) in [6.45, 7) is 4.14. The highest BCUT2D eigenvalue weighted by molar-refractivity contribution is 5.84. The number of fused-ring (bicyclic) bond motifs is 1. The van der Waals surface area contributed by atoms with Crippen LogP contribution in [0.25, 0.3) is 17.0 Å². The number of nitrogens with one attached hydrogen (secondary N) is 1. The van der Waals surface area contributed by atoms with Crippen molar-refractivity contribution in [2.75, 3.05) is 63.4 Å². The van der Waals surface area contributed by atoms with Crippen molar-refractivity contribution in [1.29, 1.82) is 0 Å². The van der Waals surface area contributed by atoms with E-state index in [1.54, 1.807) is 18.2 Å². The SMILES string of the molecule is COc1cccc2c1nc(C(F)F)n2-c1nc(N2CCOCC2)nc(N(C)C2CCNCC2)n1. The van der Waals surface area contributed by atoms with E-state index in [0.717, 1.165) is 25.9 Å². The van der Waals surface area contributed by atoms with Crippen LogP contribution in [0.4, 0.5) is 20.7 Å². The number of hydrogen-bond acceptors (Lipinski definition) is 9. The Hall–Kier alpha value is -3.12. The number of para-hydroxylation sites is 1. The quantitative estimate of drug-likeness (QED) is 0.577. The molecule has 3 aromatic rings. The summed E-state index contributed by atoms with van der Waals surface area (Å²) >= 11 is 0. The number of aromatic nitrogens is 5. The van der Waals surface area contributed by atoms with Crippen LogP contribution in [0, 0.1) is 0 Å². The number of methoxy groups -OCH3 is 1. The van der Waals surface area contributed by atoms with Crippen molar-refractivity contribution in [3.63, 3.8) is 0 Å². The number of piperidine rings is 1. The molecule has 0 atom stereocenters. The summed E-state index contributed by atoms with van der Waals surface area (Å²) in [4.78, 5) is 22.3. The van der Waals surface area contributed by atoms with Crippen LogP contribution in [-0.4, -0.2) is 84.1 Å². The maximum atomic E-state index is 14.2. The summed E-state index contributed by atoms with van der Waals surface area (Å²) in [6.07, 6.45) is -0.943. The Morgan fingerprint density at radius 3 is 2.53 bits per heavy atom. The normalized spacial score (nSPS) is 17.5. The number of benzene rings is 1. The third-order valence-electron chi connectivity index (χ3n) is 6.35. The van der Waals surface area contributed by atoms with E-state index in [1.807, 2.05) is 16.8 Å². The Kier molecular flexibility index (Phi) is 6.42. The topological polar surface area (TPSA) is 93.5 Å². The summed E-state index contributed by atoms with van der Waals surface area (Å²) in [5, 5.41) is 3.36. The molecule has 0 unspecified atom stereocenters. The number of alkyl halides is 2. The van der Waals surface area contributed by atoms with E-state index in [1.165, 1.54) is 11.7 Å². The Balaban J connectivity index is 1.67. The van der Waals surface area contributed by atoms with Gasteiger partial charge in [-0.1, -0.05) is 6.07 Å². The smallest absolute Gasteiger partial charge is 0.296 e. The number of hydrogen-bond donors (Lipinski definition) is 1. The van der Waals surface area contributed by atoms with Crippen LogP contribution in [0.5, 0.6) is 5.75 Å². The predicted octanol–water partition coefficient (Wildman–Crippen LogP) is 2.18. The fraction of sp³-hybridized carbons (Fsp3) is 0.545. The van der Waals surface area contributed by atoms with Crippen LogP contribution in [0.1, 0.15) is 25.1 Å². The van der Waals surface area contributed by atoms with E-state index in [2.05, 4.69) is 20.3 Å². The van der Waals surface area contributed by atoms with Gasteiger partial charge in [-0.05, 0) is 38.1 Å². The molecule has 182 valence electrons. The van der Waals surface area contributed by atoms with Crippen LogP contribution in [-0.2, 0) is 4.74 Å². The van der Waals surface area contributed by atoms with E-state index in [0.29, 0.717) is 55.0 Å². The lowest BCUT2D eigenvalue weighted by Crippen LogP contribution is -2.42. The summed E-state index contributed by atoms with van der Waals surface area (Å²) < 4.78 is 40.5. The van der Waals surface area contributed by atoms with Gasteiger partial charge in [-0.15, -0.1) is 0 Å². The first-order valence-electron chi connectivity index (χ1n) is 11.4. The lowest BCUT2D eigenvalue weighted by molar-refractivity contribution is 0.122. The van der Waals surface area contributed by atoms with Gasteiger partial charge >= 0.3 is 0 Å². The minimum Gasteiger partial charge on any atom is -0.494 e. The Labute approximate surface area is 195 Å². The molecular formula is C22H28F2N8O2. The van der Waals surface area contributed by atoms with Gasteiger partial charge in [0.15, 0.2) is 5.82 Å². The number of imidazole rings is 1. The second-order valence-corrected chi connectivity index (χ2v) is 8.36. The Morgan fingerprint density at radius 2 is 1.82 bits per heavy atom. The van der Waals surface area contributed by atoms with Crippen molar-refractivity contribution in [3.8, 4) is 11.7 Å². The molecule has 0 amide bonds. The third-order valence-corrected chi connectivity index (χ3v) is 6.35. The van der Waals surface area contributed by atoms with E-state index in [4.69, 9.17) is 14.5 Å². The van der Waals surface area contributed by atoms with Gasteiger partial charge in [0.1, 0.15) is 11.3 Å². The predicted molar refractivity (Wildman–Crippen MR) is 123 cm³/mol. The highest BCUT2D eigenvalue weighted by atomic mass is 19.3. The molecule has 2 saturated heterocycles. The van der Waals surface area contributed by atoms with Crippen LogP contribution in [0.3, 0.4) is 0 Å². The average molecular weight is 475 g/mol. The molecule has 0 bridgehead atoms. The van der Waals surface area contributed by atoms with Gasteiger partial charge in [0.25, 0.3) is 6.43 Å². The molecule has 10 nitrogen and oxygen atoms in total. The molecular weight excluding hydrogens is 446 g/mol. The molecule has 1 N–H and O–H groups in total. The highest BCUT2D eigenvalue weighted by Crippen LogP contribution is 2.32. The Morgan fingerprint density at radius 1 is 1.09 bits per heavy atom. The largest absolute Gasteiger partial charge is 0.494 e. The maximum Gasteiger partial charge on any atom is 0.296 e. The van der Waals surface area contributed by atoms with Gasteiger partial charge in [-0.3, -0.25) is 4.57 Å². The molecule has 2 aliphatic rings. The number of nitrogens with zero attached hydrogens (tertiary/aromatic N) is 7. The van der Waals surface area contributed by atoms with Crippen molar-refractivity contribution in [3.05, 3.63) is 24.0 Å². The van der Waals surface area contributed by atoms with Gasteiger partial charge in [-0.25, -0.2) is 13.8 Å². The fourth-order valence-electron chi connectivity index (χ4n) is 4.48. The molecule has 5 rings (SSSR count). The van der Waals surface area contributed by atoms with E-state index in [9.17, 15) is 8.78 Å². The summed E-state index contributed by atoms with van der Waals surface area (Å²) in [5.74, 6) is 0.970. The monoisotopic (exact) mass is 474 g/mol. The van der Waals surface area contributed by atoms with Crippen molar-refractivity contribution >= 4 is 22.9 Å². The maximum absolute atomic E-state index is 14.2. The van der Waals surface area contributed by atoms with Crippen LogP contribution >= 0.6 is 0 Å². The van der Waals surface area contributed by atoms with Crippen molar-refractivity contribution in [2.24, 2.45) is 0 Å². The van der Waals surface area contributed by atoms with E-state index < -0.39 is 12.2 Å². The Bertz CT molecular complexity index is 1150. The molecule has 4 heterocycles. The molecule has 0 aliphatic carbocycles. The standard InChI is InChI=1S/C22H28F2N8O2/c1-30(14-6-8-25-9-7-14)20-27-21(31-10-12-34-13-11-31)29-22(28-20)32-15-4-3-5-16(33-2)17(15)26-19(32)18(23)24/h3-5,14,18,25H,6-13H2,1-2H3. The van der Waals surface area contributed by atoms with Gasteiger partial charge in [-0.2, -0.15) is 15.0 Å². The van der Waals surface area contributed by atoms with Crippen LogP contribution in [0.15, 0.2) is 18.2 Å². The van der Waals surface area contributed by atoms with Crippen molar-refractivity contribution < 1.29 is 18.3 Å². The molecule has 2 fully saturated rings. The van der Waals surface area contributed by atoms with Crippen LogP contribution in [0.2, 0.25) is 0 Å². The van der Waals surface area contributed by atoms with Crippen molar-refractivity contribution in [2.45, 2.75) is 25.3 Å². The minimum absolute atomic E-state index is 0.110. The minimum atomic E-state index is -2.83. The average Bonchev–Trinajstić information content (AvgIpc) is 3.29. The van der Waals surface area contributed by atoms with Gasteiger partial charge in [0, 0.05) is 26.2 Å². The molecule has 0 saturated carbocycles. The zero-order chi connectivity index (χ0) is 23.7. The first-order valence-corrected chi connectivity index (χ1v) is 11.4. The lowest BCUT2D eigenvalue weighted by Gasteiger charge is -2.33.